The molecule has 0 heterocycles. The quantitative estimate of drug-likeness (QED) is 0.795. The fourth-order valence-electron chi connectivity index (χ4n) is 2.27. The summed E-state index contributed by atoms with van der Waals surface area (Å²) < 4.78 is 5.96. The summed E-state index contributed by atoms with van der Waals surface area (Å²) in [6, 6.07) is 16.4. The molecule has 1 atom stereocenters. The number of hydrogen-bond acceptors (Lipinski definition) is 2. The van der Waals surface area contributed by atoms with Crippen molar-refractivity contribution in [2.24, 2.45) is 0 Å². The fraction of sp³-hybridized carbons (Fsp3) is 0.333. The Morgan fingerprint density at radius 3 is 2.62 bits per heavy atom. The molecule has 0 bridgehead atoms. The van der Waals surface area contributed by atoms with E-state index in [1.165, 1.54) is 0 Å². The maximum atomic E-state index is 6.13. The Bertz CT molecular complexity index is 556. The maximum Gasteiger partial charge on any atom is 0.127 e. The van der Waals surface area contributed by atoms with Crippen molar-refractivity contribution in [2.45, 2.75) is 26.3 Å². The Balaban J connectivity index is 2.09. The second kappa shape index (κ2) is 8.06. The second-order valence-corrected chi connectivity index (χ2v) is 5.54. The van der Waals surface area contributed by atoms with Crippen molar-refractivity contribution in [1.29, 1.82) is 0 Å². The predicted octanol–water partition coefficient (Wildman–Crippen LogP) is 4.77. The molecule has 2 aromatic carbocycles. The van der Waals surface area contributed by atoms with Gasteiger partial charge in [0.2, 0.25) is 0 Å². The zero-order valence-corrected chi connectivity index (χ0v) is 13.4. The van der Waals surface area contributed by atoms with Crippen molar-refractivity contribution in [3.8, 4) is 16.9 Å². The van der Waals surface area contributed by atoms with Crippen LogP contribution in [-0.4, -0.2) is 19.2 Å². The van der Waals surface area contributed by atoms with Gasteiger partial charge in [0, 0.05) is 16.6 Å². The maximum absolute atomic E-state index is 6.13. The lowest BCUT2D eigenvalue weighted by Gasteiger charge is -2.15. The normalized spacial score (nSPS) is 12.1. The molecule has 1 N–H and O–H groups in total. The molecule has 0 saturated carbocycles. The summed E-state index contributed by atoms with van der Waals surface area (Å²) in [6.45, 7) is 5.96. The van der Waals surface area contributed by atoms with Gasteiger partial charge >= 0.3 is 0 Å². The average molecular weight is 304 g/mol. The summed E-state index contributed by atoms with van der Waals surface area (Å²) in [5.41, 5.74) is 2.16. The Hall–Kier alpha value is -1.51. The summed E-state index contributed by atoms with van der Waals surface area (Å²) in [7, 11) is 0. The predicted molar refractivity (Wildman–Crippen MR) is 90.1 cm³/mol. The Morgan fingerprint density at radius 2 is 1.90 bits per heavy atom. The minimum atomic E-state index is 0.461. The molecule has 0 fully saturated rings. The van der Waals surface area contributed by atoms with Gasteiger partial charge in [-0.25, -0.2) is 0 Å². The van der Waals surface area contributed by atoms with Crippen LogP contribution in [0.2, 0.25) is 5.02 Å². The molecule has 0 amide bonds. The third-order valence-electron chi connectivity index (χ3n) is 3.39. The van der Waals surface area contributed by atoms with E-state index in [0.29, 0.717) is 12.6 Å². The molecule has 0 aliphatic heterocycles. The molecule has 2 rings (SSSR count). The lowest BCUT2D eigenvalue weighted by Crippen LogP contribution is -2.27. The van der Waals surface area contributed by atoms with Crippen molar-refractivity contribution < 1.29 is 4.74 Å². The first-order valence-electron chi connectivity index (χ1n) is 7.42. The monoisotopic (exact) mass is 303 g/mol. The molecule has 0 saturated heterocycles. The zero-order valence-electron chi connectivity index (χ0n) is 12.6. The topological polar surface area (TPSA) is 21.3 Å². The SMILES string of the molecule is CCNC(C)CCOc1ccc(Cl)cc1-c1ccccc1. The van der Waals surface area contributed by atoms with Crippen LogP contribution in [0.4, 0.5) is 0 Å². The first-order chi connectivity index (χ1) is 10.2. The highest BCUT2D eigenvalue weighted by Crippen LogP contribution is 2.32. The molecule has 2 aromatic rings. The molecule has 1 unspecified atom stereocenters. The van der Waals surface area contributed by atoms with Gasteiger partial charge < -0.3 is 10.1 Å². The zero-order chi connectivity index (χ0) is 15.1. The highest BCUT2D eigenvalue weighted by atomic mass is 35.5. The molecule has 0 spiro atoms. The van der Waals surface area contributed by atoms with Crippen LogP contribution in [-0.2, 0) is 0 Å². The van der Waals surface area contributed by atoms with Crippen LogP contribution in [0.15, 0.2) is 48.5 Å². The Kier molecular flexibility index (Phi) is 6.09. The van der Waals surface area contributed by atoms with E-state index in [0.717, 1.165) is 34.9 Å². The minimum absolute atomic E-state index is 0.461. The van der Waals surface area contributed by atoms with Gasteiger partial charge in [-0.3, -0.25) is 0 Å². The van der Waals surface area contributed by atoms with Crippen molar-refractivity contribution >= 4 is 11.6 Å². The van der Waals surface area contributed by atoms with Gasteiger partial charge in [0.25, 0.3) is 0 Å². The van der Waals surface area contributed by atoms with Crippen molar-refractivity contribution in [1.82, 2.24) is 5.32 Å². The molecule has 3 heteroatoms. The van der Waals surface area contributed by atoms with Gasteiger partial charge in [0.15, 0.2) is 0 Å². The molecular weight excluding hydrogens is 282 g/mol. The first-order valence-corrected chi connectivity index (χ1v) is 7.79. The average Bonchev–Trinajstić information content (AvgIpc) is 2.50. The number of rotatable bonds is 7. The standard InChI is InChI=1S/C18H22ClNO/c1-3-20-14(2)11-12-21-18-10-9-16(19)13-17(18)15-7-5-4-6-8-15/h4-10,13-14,20H,3,11-12H2,1-2H3. The van der Waals surface area contributed by atoms with E-state index in [-0.39, 0.29) is 0 Å². The van der Waals surface area contributed by atoms with E-state index in [4.69, 9.17) is 16.3 Å². The first kappa shape index (κ1) is 15.9. The van der Waals surface area contributed by atoms with Gasteiger partial charge in [-0.15, -0.1) is 0 Å². The van der Waals surface area contributed by atoms with Crippen LogP contribution < -0.4 is 10.1 Å². The highest BCUT2D eigenvalue weighted by Gasteiger charge is 2.08. The van der Waals surface area contributed by atoms with Crippen LogP contribution in [0.3, 0.4) is 0 Å². The van der Waals surface area contributed by atoms with Crippen molar-refractivity contribution in [3.05, 3.63) is 53.6 Å². The fourth-order valence-corrected chi connectivity index (χ4v) is 2.44. The summed E-state index contributed by atoms with van der Waals surface area (Å²) in [5, 5.41) is 4.11. The lowest BCUT2D eigenvalue weighted by atomic mass is 10.0. The second-order valence-electron chi connectivity index (χ2n) is 5.10. The number of hydrogen-bond donors (Lipinski definition) is 1. The number of ether oxygens (including phenoxy) is 1. The molecular formula is C18H22ClNO. The van der Waals surface area contributed by atoms with Crippen LogP contribution in [0.5, 0.6) is 5.75 Å². The lowest BCUT2D eigenvalue weighted by molar-refractivity contribution is 0.292. The molecule has 21 heavy (non-hydrogen) atoms. The Labute approximate surface area is 132 Å². The largest absolute Gasteiger partial charge is 0.493 e. The molecule has 2 nitrogen and oxygen atoms in total. The number of nitrogens with one attached hydrogen (secondary N) is 1. The molecule has 0 aromatic heterocycles. The molecule has 0 aliphatic carbocycles. The van der Waals surface area contributed by atoms with Crippen LogP contribution in [0, 0.1) is 0 Å². The molecule has 0 aliphatic rings. The van der Waals surface area contributed by atoms with Gasteiger partial charge in [0.1, 0.15) is 5.75 Å². The van der Waals surface area contributed by atoms with E-state index < -0.39 is 0 Å². The summed E-state index contributed by atoms with van der Waals surface area (Å²) >= 11 is 6.13. The third-order valence-corrected chi connectivity index (χ3v) is 3.62. The van der Waals surface area contributed by atoms with Crippen LogP contribution in [0.25, 0.3) is 11.1 Å². The molecule has 0 radical (unpaired) electrons. The highest BCUT2D eigenvalue weighted by molar-refractivity contribution is 6.31. The third kappa shape index (κ3) is 4.76. The molecule has 112 valence electrons. The van der Waals surface area contributed by atoms with Gasteiger partial charge in [-0.2, -0.15) is 0 Å². The van der Waals surface area contributed by atoms with Gasteiger partial charge in [-0.05, 0) is 43.7 Å². The number of benzene rings is 2. The summed E-state index contributed by atoms with van der Waals surface area (Å²) in [5.74, 6) is 0.884. The van der Waals surface area contributed by atoms with E-state index >= 15 is 0 Å². The van der Waals surface area contributed by atoms with Crippen molar-refractivity contribution in [2.75, 3.05) is 13.2 Å². The van der Waals surface area contributed by atoms with E-state index in [1.807, 2.05) is 36.4 Å². The van der Waals surface area contributed by atoms with Crippen LogP contribution >= 0.6 is 11.6 Å². The van der Waals surface area contributed by atoms with E-state index in [1.54, 1.807) is 0 Å². The Morgan fingerprint density at radius 1 is 1.14 bits per heavy atom. The van der Waals surface area contributed by atoms with Crippen LogP contribution in [0.1, 0.15) is 20.3 Å². The van der Waals surface area contributed by atoms with Gasteiger partial charge in [0.05, 0.1) is 6.61 Å². The van der Waals surface area contributed by atoms with Crippen molar-refractivity contribution in [3.63, 3.8) is 0 Å². The smallest absolute Gasteiger partial charge is 0.127 e. The summed E-state index contributed by atoms with van der Waals surface area (Å²) in [6.07, 6.45) is 0.977. The van der Waals surface area contributed by atoms with Gasteiger partial charge in [-0.1, -0.05) is 48.9 Å². The summed E-state index contributed by atoms with van der Waals surface area (Å²) in [4.78, 5) is 0. The minimum Gasteiger partial charge on any atom is -0.493 e. The number of halogens is 1. The van der Waals surface area contributed by atoms with E-state index in [2.05, 4.69) is 31.3 Å². The van der Waals surface area contributed by atoms with E-state index in [9.17, 15) is 0 Å².